The van der Waals surface area contributed by atoms with Gasteiger partial charge in [-0.3, -0.25) is 4.79 Å². The highest BCUT2D eigenvalue weighted by molar-refractivity contribution is 7.09. The van der Waals surface area contributed by atoms with Crippen molar-refractivity contribution in [2.45, 2.75) is 44.6 Å². The molecule has 1 atom stereocenters. The third kappa shape index (κ3) is 2.36. The Kier molecular flexibility index (Phi) is 3.77. The minimum atomic E-state index is -0.197. The van der Waals surface area contributed by atoms with E-state index in [1.165, 1.54) is 4.88 Å². The monoisotopic (exact) mass is 237 g/mol. The van der Waals surface area contributed by atoms with Crippen molar-refractivity contribution in [3.05, 3.63) is 22.4 Å². The van der Waals surface area contributed by atoms with Crippen LogP contribution in [0.15, 0.2) is 17.5 Å². The normalized spacial score (nSPS) is 24.8. The molecule has 1 fully saturated rings. The fraction of sp³-hybridized carbons (Fsp3) is 0.615. The van der Waals surface area contributed by atoms with Crippen LogP contribution in [0, 0.1) is 0 Å². The van der Waals surface area contributed by atoms with Crippen molar-refractivity contribution in [3.8, 4) is 0 Å². The molecule has 0 amide bonds. The van der Waals surface area contributed by atoms with Crippen LogP contribution < -0.4 is 5.32 Å². The average molecular weight is 237 g/mol. The first kappa shape index (κ1) is 11.8. The molecule has 16 heavy (non-hydrogen) atoms. The zero-order valence-corrected chi connectivity index (χ0v) is 10.6. The molecule has 1 unspecified atom stereocenters. The van der Waals surface area contributed by atoms with Gasteiger partial charge in [0, 0.05) is 11.3 Å². The molecule has 0 saturated carbocycles. The van der Waals surface area contributed by atoms with Gasteiger partial charge in [0.1, 0.15) is 0 Å². The second kappa shape index (κ2) is 5.11. The summed E-state index contributed by atoms with van der Waals surface area (Å²) in [6.07, 6.45) is 4.67. The number of carbonyl (C=O) groups excluding carboxylic acids is 1. The smallest absolute Gasteiger partial charge is 0.153 e. The van der Waals surface area contributed by atoms with Crippen LogP contribution in [0.25, 0.3) is 0 Å². The van der Waals surface area contributed by atoms with Gasteiger partial charge in [0.15, 0.2) is 5.78 Å². The van der Waals surface area contributed by atoms with E-state index in [9.17, 15) is 4.79 Å². The number of thiophene rings is 1. The molecular weight excluding hydrogens is 218 g/mol. The van der Waals surface area contributed by atoms with Crippen molar-refractivity contribution >= 4 is 17.1 Å². The Labute approximate surface area is 101 Å². The Morgan fingerprint density at radius 3 is 3.06 bits per heavy atom. The summed E-state index contributed by atoms with van der Waals surface area (Å²) in [5.41, 5.74) is -0.197. The lowest BCUT2D eigenvalue weighted by Crippen LogP contribution is -2.47. The van der Waals surface area contributed by atoms with Gasteiger partial charge < -0.3 is 5.32 Å². The molecule has 88 valence electrons. The molecule has 1 aliphatic rings. The van der Waals surface area contributed by atoms with Crippen molar-refractivity contribution in [1.29, 1.82) is 0 Å². The van der Waals surface area contributed by atoms with E-state index in [1.807, 2.05) is 6.07 Å². The number of aryl methyl sites for hydroxylation is 1. The van der Waals surface area contributed by atoms with E-state index in [0.29, 0.717) is 12.2 Å². The standard InChI is InChI=1S/C13H19NOS/c1-2-13(8-4-9-14-13)12(15)7-6-11-5-3-10-16-11/h3,5,10,14H,2,4,6-9H2,1H3. The first-order valence-electron chi connectivity index (χ1n) is 6.07. The molecule has 0 bridgehead atoms. The molecule has 2 heterocycles. The minimum absolute atomic E-state index is 0.197. The van der Waals surface area contributed by atoms with Gasteiger partial charge in [-0.1, -0.05) is 13.0 Å². The van der Waals surface area contributed by atoms with Crippen LogP contribution in [-0.4, -0.2) is 17.9 Å². The number of hydrogen-bond acceptors (Lipinski definition) is 3. The molecular formula is C13H19NOS. The molecule has 1 saturated heterocycles. The van der Waals surface area contributed by atoms with Crippen LogP contribution in [0.4, 0.5) is 0 Å². The van der Waals surface area contributed by atoms with Gasteiger partial charge in [-0.25, -0.2) is 0 Å². The van der Waals surface area contributed by atoms with Crippen molar-refractivity contribution in [2.24, 2.45) is 0 Å². The van der Waals surface area contributed by atoms with Crippen LogP contribution in [0.2, 0.25) is 0 Å². The highest BCUT2D eigenvalue weighted by atomic mass is 32.1. The molecule has 1 N–H and O–H groups in total. The van der Waals surface area contributed by atoms with Crippen LogP contribution in [0.3, 0.4) is 0 Å². The summed E-state index contributed by atoms with van der Waals surface area (Å²) in [6, 6.07) is 4.16. The highest BCUT2D eigenvalue weighted by Gasteiger charge is 2.37. The molecule has 1 aromatic heterocycles. The van der Waals surface area contributed by atoms with E-state index in [-0.39, 0.29) is 5.54 Å². The quantitative estimate of drug-likeness (QED) is 0.853. The molecule has 3 heteroatoms. The first-order chi connectivity index (χ1) is 7.77. The van der Waals surface area contributed by atoms with Gasteiger partial charge in [-0.15, -0.1) is 11.3 Å². The average Bonchev–Trinajstić information content (AvgIpc) is 2.97. The summed E-state index contributed by atoms with van der Waals surface area (Å²) >= 11 is 1.74. The number of Topliss-reactive ketones (excluding diaryl/α,β-unsaturated/α-hetero) is 1. The van der Waals surface area contributed by atoms with Crippen molar-refractivity contribution in [2.75, 3.05) is 6.54 Å². The van der Waals surface area contributed by atoms with Crippen molar-refractivity contribution in [3.63, 3.8) is 0 Å². The third-order valence-electron chi connectivity index (χ3n) is 3.56. The highest BCUT2D eigenvalue weighted by Crippen LogP contribution is 2.26. The van der Waals surface area contributed by atoms with Crippen LogP contribution >= 0.6 is 11.3 Å². The van der Waals surface area contributed by atoms with E-state index in [0.717, 1.165) is 32.2 Å². The summed E-state index contributed by atoms with van der Waals surface area (Å²) in [5.74, 6) is 0.404. The number of ketones is 1. The Balaban J connectivity index is 1.91. The topological polar surface area (TPSA) is 29.1 Å². The fourth-order valence-corrected chi connectivity index (χ4v) is 3.18. The lowest BCUT2D eigenvalue weighted by atomic mass is 9.87. The van der Waals surface area contributed by atoms with Gasteiger partial charge in [0.05, 0.1) is 5.54 Å². The van der Waals surface area contributed by atoms with Crippen LogP contribution in [-0.2, 0) is 11.2 Å². The lowest BCUT2D eigenvalue weighted by molar-refractivity contribution is -0.125. The number of rotatable bonds is 5. The van der Waals surface area contributed by atoms with Crippen molar-refractivity contribution < 1.29 is 4.79 Å². The van der Waals surface area contributed by atoms with E-state index in [2.05, 4.69) is 23.7 Å². The fourth-order valence-electron chi connectivity index (χ4n) is 2.47. The molecule has 1 aromatic rings. The van der Waals surface area contributed by atoms with E-state index in [1.54, 1.807) is 11.3 Å². The van der Waals surface area contributed by atoms with Gasteiger partial charge in [0.2, 0.25) is 0 Å². The van der Waals surface area contributed by atoms with Gasteiger partial charge in [-0.2, -0.15) is 0 Å². The molecule has 0 spiro atoms. The second-order valence-electron chi connectivity index (χ2n) is 4.47. The maximum absolute atomic E-state index is 12.2. The maximum atomic E-state index is 12.2. The summed E-state index contributed by atoms with van der Waals surface area (Å²) in [5, 5.41) is 5.48. The minimum Gasteiger partial charge on any atom is -0.305 e. The van der Waals surface area contributed by atoms with E-state index < -0.39 is 0 Å². The second-order valence-corrected chi connectivity index (χ2v) is 5.50. The Morgan fingerprint density at radius 2 is 2.50 bits per heavy atom. The summed E-state index contributed by atoms with van der Waals surface area (Å²) < 4.78 is 0. The van der Waals surface area contributed by atoms with Gasteiger partial charge in [0.25, 0.3) is 0 Å². The molecule has 2 rings (SSSR count). The predicted octanol–water partition coefficient (Wildman–Crippen LogP) is 2.78. The zero-order valence-electron chi connectivity index (χ0n) is 9.79. The Morgan fingerprint density at radius 1 is 1.62 bits per heavy atom. The van der Waals surface area contributed by atoms with Gasteiger partial charge >= 0.3 is 0 Å². The lowest BCUT2D eigenvalue weighted by Gasteiger charge is -2.26. The molecule has 0 radical (unpaired) electrons. The molecule has 0 aliphatic carbocycles. The Hall–Kier alpha value is -0.670. The summed E-state index contributed by atoms with van der Waals surface area (Å²) in [6.45, 7) is 3.11. The summed E-state index contributed by atoms with van der Waals surface area (Å²) in [4.78, 5) is 13.6. The number of carbonyl (C=O) groups is 1. The number of hydrogen-bond donors (Lipinski definition) is 1. The SMILES string of the molecule is CCC1(C(=O)CCc2cccs2)CCCN1. The first-order valence-corrected chi connectivity index (χ1v) is 6.95. The van der Waals surface area contributed by atoms with Crippen LogP contribution in [0.1, 0.15) is 37.5 Å². The largest absolute Gasteiger partial charge is 0.305 e. The summed E-state index contributed by atoms with van der Waals surface area (Å²) in [7, 11) is 0. The molecule has 1 aliphatic heterocycles. The van der Waals surface area contributed by atoms with Crippen molar-refractivity contribution in [1.82, 2.24) is 5.32 Å². The Bertz CT molecular complexity index is 339. The van der Waals surface area contributed by atoms with E-state index >= 15 is 0 Å². The van der Waals surface area contributed by atoms with Gasteiger partial charge in [-0.05, 0) is 43.7 Å². The zero-order chi connectivity index (χ0) is 11.4. The van der Waals surface area contributed by atoms with Crippen LogP contribution in [0.5, 0.6) is 0 Å². The molecule has 0 aromatic carbocycles. The van der Waals surface area contributed by atoms with E-state index in [4.69, 9.17) is 0 Å². The maximum Gasteiger partial charge on any atom is 0.153 e. The number of nitrogens with one attached hydrogen (secondary N) is 1. The third-order valence-corrected chi connectivity index (χ3v) is 4.50. The predicted molar refractivity (Wildman–Crippen MR) is 67.9 cm³/mol. The molecule has 2 nitrogen and oxygen atoms in total.